The van der Waals surface area contributed by atoms with Crippen LogP contribution in [0, 0.1) is 12.8 Å². The van der Waals surface area contributed by atoms with Crippen LogP contribution in [0.2, 0.25) is 0 Å². The Kier molecular flexibility index (Phi) is 3.99. The highest BCUT2D eigenvalue weighted by Crippen LogP contribution is 2.39. The maximum absolute atomic E-state index is 12.8. The van der Waals surface area contributed by atoms with Gasteiger partial charge in [0, 0.05) is 31.4 Å². The molecule has 2 aromatic rings. The second-order valence-corrected chi connectivity index (χ2v) is 6.56. The third kappa shape index (κ3) is 2.75. The van der Waals surface area contributed by atoms with Crippen LogP contribution in [0.5, 0.6) is 11.5 Å². The zero-order valence-electron chi connectivity index (χ0n) is 14.2. The second-order valence-electron chi connectivity index (χ2n) is 6.56. The van der Waals surface area contributed by atoms with Crippen LogP contribution in [-0.4, -0.2) is 46.7 Å². The van der Waals surface area contributed by atoms with Gasteiger partial charge in [0.15, 0.2) is 11.5 Å². The molecule has 7 nitrogen and oxygen atoms in total. The van der Waals surface area contributed by atoms with Crippen molar-refractivity contribution >= 4 is 11.9 Å². The quantitative estimate of drug-likeness (QED) is 0.908. The van der Waals surface area contributed by atoms with Crippen LogP contribution < -0.4 is 9.47 Å². The summed E-state index contributed by atoms with van der Waals surface area (Å²) < 4.78 is 10.7. The van der Waals surface area contributed by atoms with Gasteiger partial charge in [-0.1, -0.05) is 6.07 Å². The highest BCUT2D eigenvalue weighted by Gasteiger charge is 2.41. The Labute approximate surface area is 150 Å². The molecule has 3 heterocycles. The number of pyridine rings is 1. The molecular weight excluding hydrogens is 336 g/mol. The molecule has 0 unspecified atom stereocenters. The average molecular weight is 354 g/mol. The molecule has 0 bridgehead atoms. The monoisotopic (exact) mass is 354 g/mol. The predicted octanol–water partition coefficient (Wildman–Crippen LogP) is 2.06. The molecule has 1 amide bonds. The normalized spacial score (nSPS) is 21.0. The molecule has 134 valence electrons. The molecule has 0 radical (unpaired) electrons. The van der Waals surface area contributed by atoms with Gasteiger partial charge in [0.05, 0.1) is 11.5 Å². The number of hydrogen-bond donors (Lipinski definition) is 1. The fraction of sp³-hybridized carbons (Fsp3) is 0.316. The van der Waals surface area contributed by atoms with Gasteiger partial charge < -0.3 is 19.5 Å². The first-order valence-electron chi connectivity index (χ1n) is 8.37. The summed E-state index contributed by atoms with van der Waals surface area (Å²) in [6.45, 7) is 2.51. The molecule has 1 N–H and O–H groups in total. The molecule has 2 atom stereocenters. The summed E-state index contributed by atoms with van der Waals surface area (Å²) in [5, 5.41) is 9.66. The number of fused-ring (bicyclic) bond motifs is 1. The Morgan fingerprint density at radius 1 is 1.19 bits per heavy atom. The van der Waals surface area contributed by atoms with Gasteiger partial charge >= 0.3 is 5.97 Å². The topological polar surface area (TPSA) is 89.0 Å². The minimum atomic E-state index is -0.911. The number of nitrogens with zero attached hydrogens (tertiary/aromatic N) is 2. The van der Waals surface area contributed by atoms with Crippen molar-refractivity contribution in [2.75, 3.05) is 19.9 Å². The van der Waals surface area contributed by atoms with Crippen molar-refractivity contribution in [2.24, 2.45) is 5.92 Å². The van der Waals surface area contributed by atoms with Crippen LogP contribution in [0.4, 0.5) is 0 Å². The number of carboxylic acids is 1. The van der Waals surface area contributed by atoms with Crippen LogP contribution in [0.3, 0.4) is 0 Å². The van der Waals surface area contributed by atoms with Gasteiger partial charge in [-0.2, -0.15) is 0 Å². The van der Waals surface area contributed by atoms with Gasteiger partial charge in [-0.15, -0.1) is 0 Å². The first-order chi connectivity index (χ1) is 12.5. The van der Waals surface area contributed by atoms with Crippen molar-refractivity contribution in [3.05, 3.63) is 53.3 Å². The van der Waals surface area contributed by atoms with Crippen LogP contribution in [0.1, 0.15) is 27.4 Å². The molecule has 0 aliphatic carbocycles. The number of aliphatic carboxylic acids is 1. The molecule has 7 heteroatoms. The van der Waals surface area contributed by atoms with E-state index in [0.717, 1.165) is 11.1 Å². The van der Waals surface area contributed by atoms with E-state index in [4.69, 9.17) is 9.47 Å². The van der Waals surface area contributed by atoms with Crippen molar-refractivity contribution in [1.29, 1.82) is 0 Å². The molecule has 1 aromatic carbocycles. The molecular formula is C19H18N2O5. The maximum atomic E-state index is 12.8. The van der Waals surface area contributed by atoms with E-state index in [0.29, 0.717) is 23.6 Å². The lowest BCUT2D eigenvalue weighted by Gasteiger charge is -2.17. The number of likely N-dealkylation sites (tertiary alicyclic amines) is 1. The van der Waals surface area contributed by atoms with Crippen molar-refractivity contribution in [2.45, 2.75) is 12.8 Å². The fourth-order valence-corrected chi connectivity index (χ4v) is 3.56. The summed E-state index contributed by atoms with van der Waals surface area (Å²) in [5.74, 6) is -0.813. The Hall–Kier alpha value is -3.09. The minimum Gasteiger partial charge on any atom is -0.481 e. The number of rotatable bonds is 3. The van der Waals surface area contributed by atoms with Crippen LogP contribution in [0.15, 0.2) is 36.7 Å². The number of carboxylic acid groups (broad SMARTS) is 1. The third-order valence-electron chi connectivity index (χ3n) is 5.02. The van der Waals surface area contributed by atoms with E-state index in [1.54, 1.807) is 23.2 Å². The van der Waals surface area contributed by atoms with Gasteiger partial charge in [-0.25, -0.2) is 0 Å². The minimum absolute atomic E-state index is 0.163. The lowest BCUT2D eigenvalue weighted by atomic mass is 9.89. The summed E-state index contributed by atoms with van der Waals surface area (Å²) in [6.07, 6.45) is 3.16. The predicted molar refractivity (Wildman–Crippen MR) is 91.3 cm³/mol. The SMILES string of the molecule is Cc1ccncc1C(=O)N1C[C@@H](C(=O)O)[C@H](c2ccc3c(c2)OCO3)C1. The van der Waals surface area contributed by atoms with E-state index in [1.807, 2.05) is 19.1 Å². The molecule has 1 saturated heterocycles. The van der Waals surface area contributed by atoms with Crippen LogP contribution in [0.25, 0.3) is 0 Å². The average Bonchev–Trinajstić information content (AvgIpc) is 3.28. The van der Waals surface area contributed by atoms with Gasteiger partial charge in [0.25, 0.3) is 5.91 Å². The molecule has 0 saturated carbocycles. The second kappa shape index (κ2) is 6.33. The maximum Gasteiger partial charge on any atom is 0.308 e. The number of ether oxygens (including phenoxy) is 2. The molecule has 4 rings (SSSR count). The first kappa shape index (κ1) is 16.4. The van der Waals surface area contributed by atoms with Crippen molar-refractivity contribution in [3.63, 3.8) is 0 Å². The number of carbonyl (C=O) groups excluding carboxylic acids is 1. The first-order valence-corrected chi connectivity index (χ1v) is 8.37. The van der Waals surface area contributed by atoms with Gasteiger partial charge in [0.1, 0.15) is 0 Å². The largest absolute Gasteiger partial charge is 0.481 e. The lowest BCUT2D eigenvalue weighted by molar-refractivity contribution is -0.141. The summed E-state index contributed by atoms with van der Waals surface area (Å²) in [6, 6.07) is 7.21. The molecule has 26 heavy (non-hydrogen) atoms. The number of benzene rings is 1. The van der Waals surface area contributed by atoms with E-state index in [9.17, 15) is 14.7 Å². The zero-order valence-corrected chi connectivity index (χ0v) is 14.2. The Bertz CT molecular complexity index is 882. The van der Waals surface area contributed by atoms with Gasteiger partial charge in [-0.05, 0) is 36.2 Å². The van der Waals surface area contributed by atoms with E-state index in [-0.39, 0.29) is 25.2 Å². The molecule has 2 aliphatic heterocycles. The van der Waals surface area contributed by atoms with Gasteiger partial charge in [-0.3, -0.25) is 14.6 Å². The summed E-state index contributed by atoms with van der Waals surface area (Å²) in [7, 11) is 0. The van der Waals surface area contributed by atoms with E-state index < -0.39 is 11.9 Å². The van der Waals surface area contributed by atoms with Gasteiger partial charge in [0.2, 0.25) is 6.79 Å². The molecule has 2 aliphatic rings. The third-order valence-corrected chi connectivity index (χ3v) is 5.02. The summed E-state index contributed by atoms with van der Waals surface area (Å²) >= 11 is 0. The van der Waals surface area contributed by atoms with Crippen molar-refractivity contribution in [3.8, 4) is 11.5 Å². The summed E-state index contributed by atoms with van der Waals surface area (Å²) in [5.41, 5.74) is 2.16. The Balaban J connectivity index is 1.62. The van der Waals surface area contributed by atoms with E-state index in [2.05, 4.69) is 4.98 Å². The van der Waals surface area contributed by atoms with E-state index >= 15 is 0 Å². The molecule has 0 spiro atoms. The highest BCUT2D eigenvalue weighted by atomic mass is 16.7. The fourth-order valence-electron chi connectivity index (χ4n) is 3.56. The summed E-state index contributed by atoms with van der Waals surface area (Å²) in [4.78, 5) is 30.2. The number of carbonyl (C=O) groups is 2. The zero-order chi connectivity index (χ0) is 18.3. The Morgan fingerprint density at radius 2 is 2.00 bits per heavy atom. The highest BCUT2D eigenvalue weighted by molar-refractivity contribution is 5.96. The van der Waals surface area contributed by atoms with Crippen molar-refractivity contribution < 1.29 is 24.2 Å². The lowest BCUT2D eigenvalue weighted by Crippen LogP contribution is -2.30. The standard InChI is InChI=1S/C19H18N2O5/c1-11-4-5-20-7-13(11)18(22)21-8-14(15(9-21)19(23)24)12-2-3-16-17(6-12)26-10-25-16/h2-7,14-15H,8-10H2,1H3,(H,23,24)/t14-,15+/m0/s1. The number of aryl methyl sites for hydroxylation is 1. The van der Waals surface area contributed by atoms with Crippen molar-refractivity contribution in [1.82, 2.24) is 9.88 Å². The molecule has 1 fully saturated rings. The van der Waals surface area contributed by atoms with Crippen LogP contribution in [-0.2, 0) is 4.79 Å². The Morgan fingerprint density at radius 3 is 2.77 bits per heavy atom. The van der Waals surface area contributed by atoms with Crippen LogP contribution >= 0.6 is 0 Å². The molecule has 1 aromatic heterocycles. The number of aromatic nitrogens is 1. The van der Waals surface area contributed by atoms with E-state index in [1.165, 1.54) is 6.20 Å². The smallest absolute Gasteiger partial charge is 0.308 e. The number of hydrogen-bond acceptors (Lipinski definition) is 5. The number of amides is 1.